The fourth-order valence-electron chi connectivity index (χ4n) is 2.78. The van der Waals surface area contributed by atoms with Crippen molar-refractivity contribution in [2.24, 2.45) is 0 Å². The van der Waals surface area contributed by atoms with E-state index in [1.54, 1.807) is 6.20 Å². The Bertz CT molecular complexity index is 695. The van der Waals surface area contributed by atoms with Crippen LogP contribution in [0.4, 0.5) is 5.82 Å². The van der Waals surface area contributed by atoms with Gasteiger partial charge in [-0.15, -0.1) is 11.6 Å². The second kappa shape index (κ2) is 8.29. The molecule has 0 spiro atoms. The number of aryl methyl sites for hydroxylation is 1. The van der Waals surface area contributed by atoms with Crippen molar-refractivity contribution in [3.05, 3.63) is 24.2 Å². The molecule has 25 heavy (non-hydrogen) atoms. The highest BCUT2D eigenvalue weighted by Gasteiger charge is 2.21. The first-order valence-electron chi connectivity index (χ1n) is 8.59. The highest BCUT2D eigenvalue weighted by atomic mass is 35.5. The third-order valence-corrected chi connectivity index (χ3v) is 4.52. The molecule has 7 nitrogen and oxygen atoms in total. The normalized spacial score (nSPS) is 14.8. The molecule has 1 amide bonds. The average Bonchev–Trinajstić information content (AvgIpc) is 3.15. The summed E-state index contributed by atoms with van der Waals surface area (Å²) in [4.78, 5) is 25.0. The number of carbonyl (C=O) groups excluding carboxylic acids is 1. The van der Waals surface area contributed by atoms with Gasteiger partial charge in [0.05, 0.1) is 0 Å². The number of halogens is 1. The quantitative estimate of drug-likeness (QED) is 0.733. The van der Waals surface area contributed by atoms with Crippen LogP contribution in [-0.4, -0.2) is 58.0 Å². The standard InChI is InChI=1S/C17H22ClN5O2/c1-2-15-20-17(21-25-15)13-5-6-14(19-12-13)22-8-10-23(11-9-22)16(24)4-3-7-18/h5-6,12H,2-4,7-11H2,1H3. The summed E-state index contributed by atoms with van der Waals surface area (Å²) in [6, 6.07) is 3.91. The predicted octanol–water partition coefficient (Wildman–Crippen LogP) is 2.36. The molecule has 1 fully saturated rings. The van der Waals surface area contributed by atoms with E-state index < -0.39 is 0 Å². The fraction of sp³-hybridized carbons (Fsp3) is 0.529. The van der Waals surface area contributed by atoms with E-state index in [0.717, 1.165) is 44.0 Å². The molecule has 1 aliphatic rings. The van der Waals surface area contributed by atoms with Crippen LogP contribution in [0, 0.1) is 0 Å². The minimum absolute atomic E-state index is 0.187. The predicted molar refractivity (Wildman–Crippen MR) is 95.7 cm³/mol. The molecule has 0 aromatic carbocycles. The number of hydrogen-bond donors (Lipinski definition) is 0. The van der Waals surface area contributed by atoms with Gasteiger partial charge in [0.1, 0.15) is 5.82 Å². The van der Waals surface area contributed by atoms with Crippen LogP contribution in [0.25, 0.3) is 11.4 Å². The Morgan fingerprint density at radius 2 is 2.08 bits per heavy atom. The molecule has 0 atom stereocenters. The van der Waals surface area contributed by atoms with E-state index in [2.05, 4.69) is 20.0 Å². The van der Waals surface area contributed by atoms with Crippen molar-refractivity contribution in [1.82, 2.24) is 20.0 Å². The first kappa shape index (κ1) is 17.7. The molecule has 3 rings (SSSR count). The summed E-state index contributed by atoms with van der Waals surface area (Å²) in [5.74, 6) is 2.80. The Kier molecular flexibility index (Phi) is 5.86. The summed E-state index contributed by atoms with van der Waals surface area (Å²) in [5, 5.41) is 3.96. The number of rotatable bonds is 6. The lowest BCUT2D eigenvalue weighted by atomic mass is 10.2. The van der Waals surface area contributed by atoms with Crippen molar-refractivity contribution in [1.29, 1.82) is 0 Å². The lowest BCUT2D eigenvalue weighted by Crippen LogP contribution is -2.49. The van der Waals surface area contributed by atoms with Gasteiger partial charge < -0.3 is 14.3 Å². The van der Waals surface area contributed by atoms with E-state index in [9.17, 15) is 4.79 Å². The van der Waals surface area contributed by atoms with Gasteiger partial charge in [-0.3, -0.25) is 4.79 Å². The van der Waals surface area contributed by atoms with Crippen LogP contribution >= 0.6 is 11.6 Å². The zero-order chi connectivity index (χ0) is 17.6. The van der Waals surface area contributed by atoms with Gasteiger partial charge in [-0.25, -0.2) is 4.98 Å². The first-order valence-corrected chi connectivity index (χ1v) is 9.12. The van der Waals surface area contributed by atoms with Gasteiger partial charge in [-0.2, -0.15) is 4.98 Å². The molecule has 134 valence electrons. The molecule has 2 aromatic heterocycles. The Morgan fingerprint density at radius 1 is 1.28 bits per heavy atom. The monoisotopic (exact) mass is 363 g/mol. The van der Waals surface area contributed by atoms with Gasteiger partial charge in [-0.05, 0) is 18.6 Å². The fourth-order valence-corrected chi connectivity index (χ4v) is 2.92. The van der Waals surface area contributed by atoms with E-state index in [1.807, 2.05) is 24.0 Å². The van der Waals surface area contributed by atoms with Gasteiger partial charge in [0.25, 0.3) is 0 Å². The average molecular weight is 364 g/mol. The van der Waals surface area contributed by atoms with Crippen molar-refractivity contribution >= 4 is 23.3 Å². The Morgan fingerprint density at radius 3 is 2.68 bits per heavy atom. The Balaban J connectivity index is 1.57. The Hall–Kier alpha value is -2.15. The summed E-state index contributed by atoms with van der Waals surface area (Å²) in [7, 11) is 0. The zero-order valence-corrected chi connectivity index (χ0v) is 15.1. The van der Waals surface area contributed by atoms with E-state index in [0.29, 0.717) is 30.4 Å². The van der Waals surface area contributed by atoms with Crippen LogP contribution in [0.1, 0.15) is 25.7 Å². The molecule has 3 heterocycles. The highest BCUT2D eigenvalue weighted by Crippen LogP contribution is 2.20. The number of amides is 1. The third-order valence-electron chi connectivity index (χ3n) is 4.26. The van der Waals surface area contributed by atoms with Crippen molar-refractivity contribution in [3.63, 3.8) is 0 Å². The topological polar surface area (TPSA) is 75.4 Å². The van der Waals surface area contributed by atoms with Crippen LogP contribution in [0.2, 0.25) is 0 Å². The summed E-state index contributed by atoms with van der Waals surface area (Å²) < 4.78 is 5.13. The second-order valence-electron chi connectivity index (χ2n) is 5.93. The van der Waals surface area contributed by atoms with Crippen LogP contribution < -0.4 is 4.90 Å². The summed E-state index contributed by atoms with van der Waals surface area (Å²) in [6.45, 7) is 4.96. The minimum atomic E-state index is 0.187. The van der Waals surface area contributed by atoms with Crippen molar-refractivity contribution in [2.75, 3.05) is 37.0 Å². The van der Waals surface area contributed by atoms with Gasteiger partial charge in [0.2, 0.25) is 17.6 Å². The van der Waals surface area contributed by atoms with Gasteiger partial charge in [0.15, 0.2) is 0 Å². The maximum atomic E-state index is 12.0. The second-order valence-corrected chi connectivity index (χ2v) is 6.31. The molecule has 0 aliphatic carbocycles. The maximum Gasteiger partial charge on any atom is 0.226 e. The van der Waals surface area contributed by atoms with Crippen LogP contribution in [0.5, 0.6) is 0 Å². The molecule has 8 heteroatoms. The SMILES string of the molecule is CCc1nc(-c2ccc(N3CCN(C(=O)CCCCl)CC3)nc2)no1. The van der Waals surface area contributed by atoms with Gasteiger partial charge in [0, 0.05) is 56.7 Å². The van der Waals surface area contributed by atoms with Crippen LogP contribution in [-0.2, 0) is 11.2 Å². The molecule has 0 bridgehead atoms. The smallest absolute Gasteiger partial charge is 0.226 e. The number of aromatic nitrogens is 3. The van der Waals surface area contributed by atoms with Crippen molar-refractivity contribution < 1.29 is 9.32 Å². The van der Waals surface area contributed by atoms with Crippen molar-refractivity contribution in [2.45, 2.75) is 26.2 Å². The van der Waals surface area contributed by atoms with Crippen molar-refractivity contribution in [3.8, 4) is 11.4 Å². The number of anilines is 1. The van der Waals surface area contributed by atoms with E-state index in [-0.39, 0.29) is 5.91 Å². The molecule has 2 aromatic rings. The highest BCUT2D eigenvalue weighted by molar-refractivity contribution is 6.17. The van der Waals surface area contributed by atoms with Crippen LogP contribution in [0.15, 0.2) is 22.9 Å². The number of nitrogens with zero attached hydrogens (tertiary/aromatic N) is 5. The number of carbonyl (C=O) groups is 1. The number of pyridine rings is 1. The minimum Gasteiger partial charge on any atom is -0.353 e. The molecule has 0 saturated carbocycles. The van der Waals surface area contributed by atoms with E-state index in [4.69, 9.17) is 16.1 Å². The maximum absolute atomic E-state index is 12.0. The summed E-state index contributed by atoms with van der Waals surface area (Å²) in [5.41, 5.74) is 0.835. The molecule has 0 N–H and O–H groups in total. The lowest BCUT2D eigenvalue weighted by molar-refractivity contribution is -0.131. The summed E-state index contributed by atoms with van der Waals surface area (Å²) >= 11 is 5.65. The van der Waals surface area contributed by atoms with Gasteiger partial charge >= 0.3 is 0 Å². The molecule has 1 saturated heterocycles. The summed E-state index contributed by atoms with van der Waals surface area (Å²) in [6.07, 6.45) is 3.74. The number of alkyl halides is 1. The molecular formula is C17H22ClN5O2. The molecule has 1 aliphatic heterocycles. The molecule has 0 unspecified atom stereocenters. The first-order chi connectivity index (χ1) is 12.2. The van der Waals surface area contributed by atoms with E-state index in [1.165, 1.54) is 0 Å². The molecule has 0 radical (unpaired) electrons. The number of piperazine rings is 1. The van der Waals surface area contributed by atoms with E-state index >= 15 is 0 Å². The Labute approximate surface area is 152 Å². The lowest BCUT2D eigenvalue weighted by Gasteiger charge is -2.35. The van der Waals surface area contributed by atoms with Crippen LogP contribution in [0.3, 0.4) is 0 Å². The molecular weight excluding hydrogens is 342 g/mol. The largest absolute Gasteiger partial charge is 0.353 e. The third kappa shape index (κ3) is 4.28. The van der Waals surface area contributed by atoms with Gasteiger partial charge in [-0.1, -0.05) is 12.1 Å². The zero-order valence-electron chi connectivity index (χ0n) is 14.3. The number of hydrogen-bond acceptors (Lipinski definition) is 6.